The lowest BCUT2D eigenvalue weighted by Crippen LogP contribution is -2.36. The molecule has 2 unspecified atom stereocenters. The molecule has 1 amide bonds. The molecule has 7 nitrogen and oxygen atoms in total. The smallest absolute Gasteiger partial charge is 0.416 e. The minimum Gasteiger partial charge on any atom is -0.492 e. The fourth-order valence-corrected chi connectivity index (χ4v) is 5.94. The van der Waals surface area contributed by atoms with E-state index in [0.717, 1.165) is 17.7 Å². The number of piperidine rings is 1. The Morgan fingerprint density at radius 1 is 0.913 bits per heavy atom. The molecule has 3 aromatic rings. The van der Waals surface area contributed by atoms with Crippen LogP contribution in [0.4, 0.5) is 13.2 Å². The van der Waals surface area contributed by atoms with Crippen LogP contribution in [-0.4, -0.2) is 61.8 Å². The van der Waals surface area contributed by atoms with Gasteiger partial charge in [0, 0.05) is 37.7 Å². The summed E-state index contributed by atoms with van der Waals surface area (Å²) in [7, 11) is 0. The number of hydrogen-bond donors (Lipinski definition) is 1. The van der Waals surface area contributed by atoms with E-state index in [9.17, 15) is 22.8 Å². The number of nitrogens with zero attached hydrogens (tertiary/aromatic N) is 1. The van der Waals surface area contributed by atoms with Gasteiger partial charge < -0.3 is 24.4 Å². The van der Waals surface area contributed by atoms with Gasteiger partial charge >= 0.3 is 12.1 Å². The van der Waals surface area contributed by atoms with Crippen LogP contribution in [-0.2, 0) is 27.5 Å². The highest BCUT2D eigenvalue weighted by Gasteiger charge is 2.56. The Kier molecular flexibility index (Phi) is 9.96. The maximum atomic E-state index is 13.0. The maximum absolute atomic E-state index is 13.0. The number of benzene rings is 3. The molecule has 1 heterocycles. The van der Waals surface area contributed by atoms with Crippen molar-refractivity contribution in [2.75, 3.05) is 32.8 Å². The molecule has 4 atom stereocenters. The molecule has 10 heteroatoms. The molecule has 1 saturated heterocycles. The average molecular weight is 639 g/mol. The Labute approximate surface area is 268 Å². The number of likely N-dealkylation sites (tertiary alicyclic amines) is 1. The number of carbonyl (C=O) groups is 2. The Balaban J connectivity index is 1.05. The Morgan fingerprint density at radius 2 is 1.57 bits per heavy atom. The van der Waals surface area contributed by atoms with Crippen LogP contribution in [0.15, 0.2) is 72.8 Å². The summed E-state index contributed by atoms with van der Waals surface area (Å²) in [6.07, 6.45) is -4.92. The van der Waals surface area contributed by atoms with E-state index in [1.165, 1.54) is 17.7 Å². The third-order valence-corrected chi connectivity index (χ3v) is 8.56. The highest BCUT2D eigenvalue weighted by molar-refractivity contribution is 5.94. The van der Waals surface area contributed by atoms with Crippen molar-refractivity contribution in [2.45, 2.75) is 57.9 Å². The summed E-state index contributed by atoms with van der Waals surface area (Å²) in [5.74, 6) is 1.11. The molecule has 1 N–H and O–H groups in total. The molecule has 1 aliphatic carbocycles. The van der Waals surface area contributed by atoms with E-state index in [0.29, 0.717) is 56.0 Å². The summed E-state index contributed by atoms with van der Waals surface area (Å²) in [5, 5.41) is 3.47. The molecule has 246 valence electrons. The number of esters is 1. The monoisotopic (exact) mass is 638 g/mol. The number of alkyl halides is 3. The second kappa shape index (κ2) is 13.7. The summed E-state index contributed by atoms with van der Waals surface area (Å²) < 4.78 is 56.3. The number of rotatable bonds is 12. The topological polar surface area (TPSA) is 77.1 Å². The third kappa shape index (κ3) is 8.20. The van der Waals surface area contributed by atoms with Crippen LogP contribution in [0.2, 0.25) is 0 Å². The van der Waals surface area contributed by atoms with Crippen LogP contribution in [0.1, 0.15) is 54.7 Å². The molecule has 1 saturated carbocycles. The molecule has 46 heavy (non-hydrogen) atoms. The molecule has 0 bridgehead atoms. The van der Waals surface area contributed by atoms with Gasteiger partial charge in [0.15, 0.2) is 6.10 Å². The first-order valence-electron chi connectivity index (χ1n) is 15.7. The SMILES string of the molecule is CCOC(=O)[C@H](Cc1ccc(OCCNC2C3CN(C(=O)c4cccc(C(F)(F)F)c4)C[C@@H]32)cc1)Oc1ccc(C(C)(C)C)cc1. The Morgan fingerprint density at radius 3 is 2.17 bits per heavy atom. The lowest BCUT2D eigenvalue weighted by Gasteiger charge is -2.21. The number of ether oxygens (including phenoxy) is 3. The van der Waals surface area contributed by atoms with Gasteiger partial charge in [0.2, 0.25) is 0 Å². The highest BCUT2D eigenvalue weighted by Crippen LogP contribution is 2.46. The number of halogens is 3. The first kappa shape index (κ1) is 33.3. The van der Waals surface area contributed by atoms with Crippen molar-refractivity contribution in [3.8, 4) is 11.5 Å². The lowest BCUT2D eigenvalue weighted by atomic mass is 9.87. The van der Waals surface area contributed by atoms with Crippen molar-refractivity contribution >= 4 is 11.9 Å². The van der Waals surface area contributed by atoms with E-state index < -0.39 is 23.8 Å². The standard InChI is InChI=1S/C36H41F3N2O5/c1-5-44-34(43)31(46-28-15-11-25(12-16-28)35(2,3)4)19-23-9-13-27(14-10-23)45-18-17-40-32-29-21-41(22-30(29)32)33(42)24-7-6-8-26(20-24)36(37,38)39/h6-16,20,29-32,40H,5,17-19,21-22H2,1-4H3/t29-,30?,31-,32?/m0/s1. The predicted octanol–water partition coefficient (Wildman–Crippen LogP) is 6.30. The van der Waals surface area contributed by atoms with Gasteiger partial charge in [0.05, 0.1) is 12.2 Å². The predicted molar refractivity (Wildman–Crippen MR) is 168 cm³/mol. The minimum atomic E-state index is -4.48. The van der Waals surface area contributed by atoms with Gasteiger partial charge in [-0.05, 0) is 77.8 Å². The van der Waals surface area contributed by atoms with Crippen LogP contribution in [0.5, 0.6) is 11.5 Å². The van der Waals surface area contributed by atoms with Crippen molar-refractivity contribution < 1.29 is 37.0 Å². The molecule has 2 aliphatic rings. The summed E-state index contributed by atoms with van der Waals surface area (Å²) >= 11 is 0. The fourth-order valence-electron chi connectivity index (χ4n) is 5.94. The van der Waals surface area contributed by atoms with Crippen molar-refractivity contribution in [1.82, 2.24) is 10.2 Å². The van der Waals surface area contributed by atoms with Crippen molar-refractivity contribution in [1.29, 1.82) is 0 Å². The molecule has 3 aromatic carbocycles. The molecular formula is C36H41F3N2O5. The Bertz CT molecular complexity index is 1490. The first-order valence-corrected chi connectivity index (χ1v) is 15.7. The van der Waals surface area contributed by atoms with Crippen LogP contribution in [0, 0.1) is 11.8 Å². The second-order valence-electron chi connectivity index (χ2n) is 12.9. The number of hydrogen-bond acceptors (Lipinski definition) is 6. The van der Waals surface area contributed by atoms with E-state index in [4.69, 9.17) is 14.2 Å². The molecule has 1 aliphatic heterocycles. The summed E-state index contributed by atoms with van der Waals surface area (Å²) in [6, 6.07) is 20.2. The van der Waals surface area contributed by atoms with E-state index in [1.807, 2.05) is 48.5 Å². The van der Waals surface area contributed by atoms with Crippen molar-refractivity contribution in [3.05, 3.63) is 95.1 Å². The lowest BCUT2D eigenvalue weighted by molar-refractivity contribution is -0.151. The second-order valence-corrected chi connectivity index (χ2v) is 12.9. The molecular weight excluding hydrogens is 597 g/mol. The van der Waals surface area contributed by atoms with E-state index in [2.05, 4.69) is 26.1 Å². The molecule has 2 fully saturated rings. The van der Waals surface area contributed by atoms with Gasteiger partial charge in [0.25, 0.3) is 5.91 Å². The zero-order valence-electron chi connectivity index (χ0n) is 26.6. The van der Waals surface area contributed by atoms with Gasteiger partial charge in [-0.1, -0.05) is 51.1 Å². The normalized spacial score (nSPS) is 19.7. The van der Waals surface area contributed by atoms with Gasteiger partial charge in [-0.25, -0.2) is 4.79 Å². The first-order chi connectivity index (χ1) is 21.8. The molecule has 0 radical (unpaired) electrons. The summed E-state index contributed by atoms with van der Waals surface area (Å²) in [6.45, 7) is 10.6. The summed E-state index contributed by atoms with van der Waals surface area (Å²) in [5.41, 5.74) is 1.35. The number of carbonyl (C=O) groups excluding carboxylic acids is 2. The average Bonchev–Trinajstić information content (AvgIpc) is 3.46. The maximum Gasteiger partial charge on any atom is 0.416 e. The van der Waals surface area contributed by atoms with Crippen LogP contribution < -0.4 is 14.8 Å². The van der Waals surface area contributed by atoms with Crippen LogP contribution >= 0.6 is 0 Å². The van der Waals surface area contributed by atoms with E-state index >= 15 is 0 Å². The molecule has 0 aromatic heterocycles. The summed E-state index contributed by atoms with van der Waals surface area (Å²) in [4.78, 5) is 27.1. The number of fused-ring (bicyclic) bond motifs is 1. The van der Waals surface area contributed by atoms with Gasteiger partial charge in [-0.3, -0.25) is 4.79 Å². The Hall–Kier alpha value is -4.05. The molecule has 0 spiro atoms. The van der Waals surface area contributed by atoms with E-state index in [-0.39, 0.29) is 29.5 Å². The van der Waals surface area contributed by atoms with Crippen molar-refractivity contribution in [3.63, 3.8) is 0 Å². The van der Waals surface area contributed by atoms with Crippen LogP contribution in [0.25, 0.3) is 0 Å². The van der Waals surface area contributed by atoms with E-state index in [1.54, 1.807) is 11.8 Å². The number of amides is 1. The fraction of sp³-hybridized carbons (Fsp3) is 0.444. The number of nitrogens with one attached hydrogen (secondary N) is 1. The van der Waals surface area contributed by atoms with Gasteiger partial charge in [-0.2, -0.15) is 13.2 Å². The highest BCUT2D eigenvalue weighted by atomic mass is 19.4. The van der Waals surface area contributed by atoms with Gasteiger partial charge in [-0.15, -0.1) is 0 Å². The quantitative estimate of drug-likeness (QED) is 0.186. The van der Waals surface area contributed by atoms with Gasteiger partial charge in [0.1, 0.15) is 18.1 Å². The van der Waals surface area contributed by atoms with Crippen LogP contribution in [0.3, 0.4) is 0 Å². The third-order valence-electron chi connectivity index (χ3n) is 8.56. The van der Waals surface area contributed by atoms with Crippen molar-refractivity contribution in [2.24, 2.45) is 11.8 Å². The zero-order chi connectivity index (χ0) is 33.1. The zero-order valence-corrected chi connectivity index (χ0v) is 26.6. The molecule has 5 rings (SSSR count). The largest absolute Gasteiger partial charge is 0.492 e. The minimum absolute atomic E-state index is 0.0144.